The second kappa shape index (κ2) is 18.3. The summed E-state index contributed by atoms with van der Waals surface area (Å²) in [7, 11) is 1.31. The average molecular weight is 882 g/mol. The van der Waals surface area contributed by atoms with Gasteiger partial charge in [0.05, 0.1) is 18.6 Å². The molecular formula is C53H75N3O6S. The second-order valence-corrected chi connectivity index (χ2v) is 22.6. The highest BCUT2D eigenvalue weighted by atomic mass is 32.2. The number of carbonyl (C=O) groups is 4. The first-order chi connectivity index (χ1) is 29.9. The van der Waals surface area contributed by atoms with E-state index in [4.69, 9.17) is 4.74 Å². The molecule has 3 amide bonds. The predicted octanol–water partition coefficient (Wildman–Crippen LogP) is 9.32. The van der Waals surface area contributed by atoms with E-state index < -0.39 is 17.4 Å². The number of allylic oxidation sites excluding steroid dienone is 1. The van der Waals surface area contributed by atoms with E-state index in [0.29, 0.717) is 59.9 Å². The van der Waals surface area contributed by atoms with Crippen LogP contribution < -0.4 is 16.0 Å². The van der Waals surface area contributed by atoms with Gasteiger partial charge in [0.25, 0.3) is 11.8 Å². The molecule has 2 aromatic carbocycles. The number of carbonyl (C=O) groups excluding carboxylic acids is 4. The molecule has 344 valence electrons. The van der Waals surface area contributed by atoms with Gasteiger partial charge in [-0.3, -0.25) is 14.4 Å². The van der Waals surface area contributed by atoms with Crippen LogP contribution in [-0.4, -0.2) is 66.6 Å². The third kappa shape index (κ3) is 8.43. The van der Waals surface area contributed by atoms with Gasteiger partial charge < -0.3 is 25.8 Å². The van der Waals surface area contributed by atoms with Gasteiger partial charge in [-0.05, 0) is 183 Å². The fraction of sp³-hybridized carbons (Fsp3) is 0.660. The molecule has 5 saturated carbocycles. The summed E-state index contributed by atoms with van der Waals surface area (Å²) < 4.78 is 4.86. The van der Waals surface area contributed by atoms with Crippen molar-refractivity contribution in [2.45, 2.75) is 137 Å². The van der Waals surface area contributed by atoms with Crippen molar-refractivity contribution in [3.8, 4) is 0 Å². The van der Waals surface area contributed by atoms with Crippen molar-refractivity contribution in [2.24, 2.45) is 56.7 Å². The van der Waals surface area contributed by atoms with E-state index in [1.165, 1.54) is 38.4 Å². The monoisotopic (exact) mass is 882 g/mol. The minimum absolute atomic E-state index is 0.0684. The van der Waals surface area contributed by atoms with Gasteiger partial charge in [-0.2, -0.15) is 11.8 Å². The quantitative estimate of drug-likeness (QED) is 0.110. The lowest BCUT2D eigenvalue weighted by atomic mass is 9.32. The number of benzene rings is 2. The Balaban J connectivity index is 0.969. The molecule has 4 unspecified atom stereocenters. The molecule has 10 heteroatoms. The van der Waals surface area contributed by atoms with Crippen molar-refractivity contribution in [2.75, 3.05) is 25.7 Å². The van der Waals surface area contributed by atoms with Gasteiger partial charge in [0.15, 0.2) is 0 Å². The van der Waals surface area contributed by atoms with Crippen molar-refractivity contribution >= 4 is 35.5 Å². The van der Waals surface area contributed by atoms with Crippen LogP contribution in [0.25, 0.3) is 0 Å². The smallest absolute Gasteiger partial charge is 0.328 e. The Morgan fingerprint density at radius 2 is 1.57 bits per heavy atom. The summed E-state index contributed by atoms with van der Waals surface area (Å²) in [4.78, 5) is 53.1. The zero-order chi connectivity index (χ0) is 45.5. The van der Waals surface area contributed by atoms with Gasteiger partial charge in [0.1, 0.15) is 6.04 Å². The lowest BCUT2D eigenvalue weighted by molar-refractivity contribution is -0.246. The minimum Gasteiger partial charge on any atom is -0.467 e. The lowest BCUT2D eigenvalue weighted by Crippen LogP contribution is -2.67. The molecule has 0 bridgehead atoms. The van der Waals surface area contributed by atoms with Gasteiger partial charge in [-0.1, -0.05) is 71.0 Å². The van der Waals surface area contributed by atoms with Crippen LogP contribution in [0.5, 0.6) is 0 Å². The van der Waals surface area contributed by atoms with Crippen molar-refractivity contribution < 1.29 is 29.0 Å². The van der Waals surface area contributed by atoms with Crippen molar-refractivity contribution in [3.63, 3.8) is 0 Å². The standard InChI is InChI=1S/C53H75N3O6S/c1-33(2)38-19-26-53(28-27-51(6)39(44(38)53)17-18-42-50(5)24-21-43(57)49(3,4)41(50)20-25-52(42,51)7)48(61)54-29-22-34-11-10-12-37(31-34)45(58)55-32-35-13-15-36(16-14-35)46(59)56-40(23-30-63-9)47(60)62-8/h10-16,31,38-44,57H,1,17-30,32H2,2-9H3,(H,54,61)(H,55,58)(H,56,59)/t38-,39?,40+,41?,42?,43-,44?,50-,51+,52+,53-/m0/s1. The number of hydrogen-bond acceptors (Lipinski definition) is 7. The molecular weight excluding hydrogens is 807 g/mol. The fourth-order valence-electron chi connectivity index (χ4n) is 14.8. The van der Waals surface area contributed by atoms with Gasteiger partial charge in [-0.15, -0.1) is 0 Å². The van der Waals surface area contributed by atoms with Crippen LogP contribution in [0.15, 0.2) is 60.7 Å². The molecule has 0 saturated heterocycles. The highest BCUT2D eigenvalue weighted by molar-refractivity contribution is 7.98. The summed E-state index contributed by atoms with van der Waals surface area (Å²) in [5, 5.41) is 20.4. The molecule has 0 aromatic heterocycles. The molecule has 0 spiro atoms. The van der Waals surface area contributed by atoms with Crippen molar-refractivity contribution in [1.29, 1.82) is 0 Å². The van der Waals surface area contributed by atoms with Crippen LogP contribution >= 0.6 is 11.8 Å². The number of nitrogens with one attached hydrogen (secondary N) is 3. The van der Waals surface area contributed by atoms with E-state index >= 15 is 0 Å². The van der Waals surface area contributed by atoms with Crippen LogP contribution in [0.2, 0.25) is 0 Å². The fourth-order valence-corrected chi connectivity index (χ4v) is 15.3. The number of ether oxygens (including phenoxy) is 1. The maximum absolute atomic E-state index is 14.8. The van der Waals surface area contributed by atoms with Crippen LogP contribution in [0.4, 0.5) is 0 Å². The molecule has 0 radical (unpaired) electrons. The maximum Gasteiger partial charge on any atom is 0.328 e. The lowest BCUT2D eigenvalue weighted by Gasteiger charge is -2.72. The molecule has 5 aliphatic rings. The van der Waals surface area contributed by atoms with Gasteiger partial charge in [0.2, 0.25) is 5.91 Å². The summed E-state index contributed by atoms with van der Waals surface area (Å²) in [6.07, 6.45) is 13.5. The minimum atomic E-state index is -0.714. The zero-order valence-electron chi connectivity index (χ0n) is 39.4. The van der Waals surface area contributed by atoms with E-state index in [0.717, 1.165) is 49.7 Å². The van der Waals surface area contributed by atoms with Gasteiger partial charge >= 0.3 is 5.97 Å². The summed E-state index contributed by atoms with van der Waals surface area (Å²) >= 11 is 1.59. The first-order valence-electron chi connectivity index (χ1n) is 23.8. The van der Waals surface area contributed by atoms with Crippen molar-refractivity contribution in [1.82, 2.24) is 16.0 Å². The number of methoxy groups -OCH3 is 1. The Bertz CT molecular complexity index is 2050. The SMILES string of the molecule is C=C(C)[C@@H]1CC[C@]2(C(=O)NCCc3cccc(C(=O)NCc4ccc(C(=O)N[C@H](CCSC)C(=O)OC)cc4)c3)CC[C@]3(C)C(CCC4[C@@]5(C)CC[C@H](O)C(C)(C)C5CC[C@]43C)C12. The summed E-state index contributed by atoms with van der Waals surface area (Å²) in [6, 6.07) is 13.9. The van der Waals surface area contributed by atoms with Crippen LogP contribution in [0, 0.1) is 56.7 Å². The summed E-state index contributed by atoms with van der Waals surface area (Å²) in [6.45, 7) is 20.0. The summed E-state index contributed by atoms with van der Waals surface area (Å²) in [5.74, 6) is 2.16. The molecule has 0 heterocycles. The Labute approximate surface area is 381 Å². The number of aliphatic hydroxyl groups is 1. The topological polar surface area (TPSA) is 134 Å². The predicted molar refractivity (Wildman–Crippen MR) is 252 cm³/mol. The first-order valence-corrected chi connectivity index (χ1v) is 25.2. The second-order valence-electron chi connectivity index (χ2n) is 21.6. The van der Waals surface area contributed by atoms with E-state index in [1.807, 2.05) is 24.5 Å². The Hall–Kier alpha value is -3.63. The van der Waals surface area contributed by atoms with Crippen LogP contribution in [0.1, 0.15) is 144 Å². The number of amides is 3. The number of fused-ring (bicyclic) bond motifs is 7. The Morgan fingerprint density at radius 1 is 0.825 bits per heavy atom. The molecule has 5 aliphatic carbocycles. The largest absolute Gasteiger partial charge is 0.467 e. The van der Waals surface area contributed by atoms with Crippen LogP contribution in [0.3, 0.4) is 0 Å². The molecule has 5 fully saturated rings. The van der Waals surface area contributed by atoms with E-state index in [-0.39, 0.29) is 57.9 Å². The molecule has 0 aliphatic heterocycles. The van der Waals surface area contributed by atoms with Crippen LogP contribution in [-0.2, 0) is 27.3 Å². The molecule has 7 rings (SSSR count). The third-order valence-corrected chi connectivity index (χ3v) is 19.1. The molecule has 4 N–H and O–H groups in total. The third-order valence-electron chi connectivity index (χ3n) is 18.5. The number of esters is 1. The summed E-state index contributed by atoms with van der Waals surface area (Å²) in [5.41, 5.74) is 4.12. The van der Waals surface area contributed by atoms with E-state index in [2.05, 4.69) is 64.1 Å². The number of rotatable bonds is 14. The first kappa shape index (κ1) is 47.3. The number of thioether (sulfide) groups is 1. The highest BCUT2D eigenvalue weighted by Gasteiger charge is 2.71. The zero-order valence-corrected chi connectivity index (χ0v) is 40.2. The molecule has 63 heavy (non-hydrogen) atoms. The Kier molecular flexibility index (Phi) is 13.8. The number of aliphatic hydroxyl groups excluding tert-OH is 1. The van der Waals surface area contributed by atoms with Gasteiger partial charge in [0, 0.05) is 24.2 Å². The van der Waals surface area contributed by atoms with Gasteiger partial charge in [-0.25, -0.2) is 4.79 Å². The number of hydrogen-bond donors (Lipinski definition) is 4. The normalized spacial score (nSPS) is 34.5. The van der Waals surface area contributed by atoms with Crippen molar-refractivity contribution in [3.05, 3.63) is 82.9 Å². The highest BCUT2D eigenvalue weighted by Crippen LogP contribution is 2.77. The molecule has 9 nitrogen and oxygen atoms in total. The maximum atomic E-state index is 14.8. The average Bonchev–Trinajstić information content (AvgIpc) is 3.67. The van der Waals surface area contributed by atoms with E-state index in [9.17, 15) is 24.3 Å². The molecule has 11 atom stereocenters. The molecule has 2 aromatic rings. The Morgan fingerprint density at radius 3 is 2.27 bits per heavy atom. The van der Waals surface area contributed by atoms with E-state index in [1.54, 1.807) is 42.1 Å².